The molecule has 0 radical (unpaired) electrons. The van der Waals surface area contributed by atoms with E-state index in [0.717, 1.165) is 12.8 Å². The van der Waals surface area contributed by atoms with Gasteiger partial charge >= 0.3 is 13.7 Å². The normalized spacial score (nSPS) is 11.1. The zero-order valence-corrected chi connectivity index (χ0v) is 6.63. The lowest BCUT2D eigenvalue weighted by Gasteiger charge is -1.85. The molecule has 0 rings (SSSR count). The van der Waals surface area contributed by atoms with E-state index in [1.807, 2.05) is 6.92 Å². The first-order valence-corrected chi connectivity index (χ1v) is 4.19. The predicted octanol–water partition coefficient (Wildman–Crippen LogP) is 2.22. The molecule has 0 aliphatic rings. The summed E-state index contributed by atoms with van der Waals surface area (Å²) in [6.07, 6.45) is 1.65. The molecule has 0 saturated heterocycles. The average Bonchev–Trinajstić information content (AvgIpc) is 1.88. The van der Waals surface area contributed by atoms with Gasteiger partial charge in [-0.2, -0.15) is 4.79 Å². The minimum absolute atomic E-state index is 0.262. The third-order valence-electron chi connectivity index (χ3n) is 0.863. The summed E-state index contributed by atoms with van der Waals surface area (Å²) >= 11 is 0. The molecule has 0 saturated carbocycles. The Kier molecular flexibility index (Phi) is 5.08. The molecule has 0 aromatic carbocycles. The van der Waals surface area contributed by atoms with E-state index in [2.05, 4.69) is 4.52 Å². The fourth-order valence-electron chi connectivity index (χ4n) is 0.347. The molecule has 0 aromatic heterocycles. The third kappa shape index (κ3) is 4.41. The van der Waals surface area contributed by atoms with Crippen molar-refractivity contribution in [1.82, 2.24) is 0 Å². The quantitative estimate of drug-likeness (QED) is 0.501. The Morgan fingerprint density at radius 3 is 2.70 bits per heavy atom. The second-order valence-electron chi connectivity index (χ2n) is 1.73. The highest BCUT2D eigenvalue weighted by Gasteiger charge is 2.29. The maximum atomic E-state index is 10.3. The number of hydrogen-bond acceptors (Lipinski definition) is 3. The summed E-state index contributed by atoms with van der Waals surface area (Å²) in [5.74, 6) is 0. The Bertz CT molecular complexity index is 134. The number of carboxylic acid groups (broad SMARTS) is 1. The number of unbranched alkanes of at least 4 members (excludes halogenated alkanes) is 1. The molecular weight excluding hydrogens is 155 g/mol. The zero-order valence-electron chi connectivity index (χ0n) is 5.74. The molecule has 1 N–H and O–H groups in total. The zero-order chi connectivity index (χ0) is 7.98. The highest BCUT2D eigenvalue weighted by atomic mass is 31.1. The second kappa shape index (κ2) is 5.33. The van der Waals surface area contributed by atoms with Crippen molar-refractivity contribution in [3.63, 3.8) is 0 Å². The van der Waals surface area contributed by atoms with Crippen LogP contribution in [0.5, 0.6) is 0 Å². The summed E-state index contributed by atoms with van der Waals surface area (Å²) in [6.45, 7) is 2.20. The molecule has 1 atom stereocenters. The highest BCUT2D eigenvalue weighted by Crippen LogP contribution is 2.22. The number of hydrogen-bond donors (Lipinski definition) is 1. The Hall–Kier alpha value is -0.470. The summed E-state index contributed by atoms with van der Waals surface area (Å²) in [4.78, 5) is 9.88. The van der Waals surface area contributed by atoms with Crippen molar-refractivity contribution in [3.8, 4) is 0 Å². The molecular formula is C5H10O4P+. The van der Waals surface area contributed by atoms with Crippen LogP contribution in [0.2, 0.25) is 0 Å². The van der Waals surface area contributed by atoms with E-state index < -0.39 is 13.7 Å². The molecule has 0 aromatic rings. The van der Waals surface area contributed by atoms with Gasteiger partial charge in [0.05, 0.1) is 0 Å². The fourth-order valence-corrected chi connectivity index (χ4v) is 0.752. The highest BCUT2D eigenvalue weighted by molar-refractivity contribution is 7.58. The Balaban J connectivity index is 3.31. The Morgan fingerprint density at radius 1 is 1.70 bits per heavy atom. The first-order chi connectivity index (χ1) is 4.68. The Labute approximate surface area is 60.1 Å². The SMILES string of the molecule is CCCCO[P+](=O)C(=O)O. The van der Waals surface area contributed by atoms with Crippen molar-refractivity contribution in [3.05, 3.63) is 0 Å². The van der Waals surface area contributed by atoms with Crippen molar-refractivity contribution in [2.45, 2.75) is 19.8 Å². The molecule has 10 heavy (non-hydrogen) atoms. The summed E-state index contributed by atoms with van der Waals surface area (Å²) in [7, 11) is -2.48. The fraction of sp³-hybridized carbons (Fsp3) is 0.800. The van der Waals surface area contributed by atoms with E-state index in [1.165, 1.54) is 0 Å². The van der Waals surface area contributed by atoms with Crippen LogP contribution >= 0.6 is 8.03 Å². The van der Waals surface area contributed by atoms with Crippen LogP contribution < -0.4 is 0 Å². The van der Waals surface area contributed by atoms with Crippen LogP contribution in [0.4, 0.5) is 4.79 Å². The van der Waals surface area contributed by atoms with Crippen molar-refractivity contribution < 1.29 is 19.0 Å². The van der Waals surface area contributed by atoms with Gasteiger partial charge in [-0.1, -0.05) is 13.3 Å². The molecule has 0 spiro atoms. The van der Waals surface area contributed by atoms with E-state index in [-0.39, 0.29) is 6.61 Å². The van der Waals surface area contributed by atoms with Gasteiger partial charge in [-0.3, -0.25) is 0 Å². The summed E-state index contributed by atoms with van der Waals surface area (Å²) in [5.41, 5.74) is -1.38. The smallest absolute Gasteiger partial charge is 0.441 e. The molecule has 4 nitrogen and oxygen atoms in total. The van der Waals surface area contributed by atoms with Crippen molar-refractivity contribution in [2.24, 2.45) is 0 Å². The molecule has 0 amide bonds. The number of rotatable bonds is 5. The maximum absolute atomic E-state index is 10.3. The van der Waals surface area contributed by atoms with E-state index in [1.54, 1.807) is 0 Å². The Morgan fingerprint density at radius 2 is 2.30 bits per heavy atom. The average molecular weight is 165 g/mol. The molecule has 0 aliphatic carbocycles. The lowest BCUT2D eigenvalue weighted by atomic mass is 10.4. The molecule has 1 unspecified atom stereocenters. The van der Waals surface area contributed by atoms with E-state index >= 15 is 0 Å². The first kappa shape index (κ1) is 9.53. The minimum Gasteiger partial charge on any atom is -0.441 e. The van der Waals surface area contributed by atoms with Gasteiger partial charge in [-0.25, -0.2) is 0 Å². The molecule has 0 aliphatic heterocycles. The standard InChI is InChI=1S/C5H9O4P/c1-2-3-4-9-10(8)5(6)7/h2-4H2,1H3/p+1. The van der Waals surface area contributed by atoms with E-state index in [9.17, 15) is 9.36 Å². The largest absolute Gasteiger partial charge is 0.635 e. The van der Waals surface area contributed by atoms with Crippen LogP contribution in [-0.2, 0) is 9.09 Å². The minimum atomic E-state index is -2.48. The summed E-state index contributed by atoms with van der Waals surface area (Å²) in [6, 6.07) is 0. The summed E-state index contributed by atoms with van der Waals surface area (Å²) < 4.78 is 14.8. The predicted molar refractivity (Wildman–Crippen MR) is 36.5 cm³/mol. The van der Waals surface area contributed by atoms with Gasteiger partial charge in [0, 0.05) is 0 Å². The van der Waals surface area contributed by atoms with Gasteiger partial charge < -0.3 is 5.11 Å². The van der Waals surface area contributed by atoms with Gasteiger partial charge in [0.25, 0.3) is 0 Å². The van der Waals surface area contributed by atoms with Crippen molar-refractivity contribution in [1.29, 1.82) is 0 Å². The maximum Gasteiger partial charge on any atom is 0.635 e. The van der Waals surface area contributed by atoms with Gasteiger partial charge in [-0.15, -0.1) is 4.52 Å². The van der Waals surface area contributed by atoms with Crippen LogP contribution in [0.25, 0.3) is 0 Å². The lowest BCUT2D eigenvalue weighted by molar-refractivity contribution is 0.212. The first-order valence-electron chi connectivity index (χ1n) is 3.01. The monoisotopic (exact) mass is 165 g/mol. The lowest BCUT2D eigenvalue weighted by Crippen LogP contribution is -1.90. The molecule has 58 valence electrons. The van der Waals surface area contributed by atoms with Crippen LogP contribution in [0.3, 0.4) is 0 Å². The topological polar surface area (TPSA) is 63.6 Å². The van der Waals surface area contributed by atoms with Gasteiger partial charge in [-0.05, 0) is 11.0 Å². The van der Waals surface area contributed by atoms with Crippen molar-refractivity contribution in [2.75, 3.05) is 6.61 Å². The van der Waals surface area contributed by atoms with Crippen LogP contribution in [0.1, 0.15) is 19.8 Å². The van der Waals surface area contributed by atoms with Gasteiger partial charge in [0.2, 0.25) is 0 Å². The van der Waals surface area contributed by atoms with Crippen LogP contribution in [0, 0.1) is 0 Å². The molecule has 0 fully saturated rings. The molecule has 0 bridgehead atoms. The second-order valence-corrected chi connectivity index (χ2v) is 2.88. The summed E-state index contributed by atoms with van der Waals surface area (Å²) in [5, 5.41) is 8.07. The van der Waals surface area contributed by atoms with Crippen LogP contribution in [-0.4, -0.2) is 17.4 Å². The third-order valence-corrected chi connectivity index (χ3v) is 1.59. The van der Waals surface area contributed by atoms with E-state index in [4.69, 9.17) is 5.11 Å². The van der Waals surface area contributed by atoms with Gasteiger partial charge in [0.15, 0.2) is 0 Å². The number of carbonyl (C=O) groups is 1. The molecule has 5 heteroatoms. The van der Waals surface area contributed by atoms with Gasteiger partial charge in [0.1, 0.15) is 6.61 Å². The van der Waals surface area contributed by atoms with Crippen molar-refractivity contribution >= 4 is 13.7 Å². The molecule has 0 heterocycles. The van der Waals surface area contributed by atoms with E-state index in [0.29, 0.717) is 0 Å². The van der Waals surface area contributed by atoms with Crippen LogP contribution in [0.15, 0.2) is 0 Å².